The highest BCUT2D eigenvalue weighted by atomic mass is 32.2. The first-order valence-electron chi connectivity index (χ1n) is 6.34. The molecule has 1 aliphatic heterocycles. The van der Waals surface area contributed by atoms with E-state index in [1.807, 2.05) is 31.4 Å². The molecule has 1 heterocycles. The van der Waals surface area contributed by atoms with Gasteiger partial charge in [-0.2, -0.15) is 0 Å². The Morgan fingerprint density at radius 3 is 2.61 bits per heavy atom. The van der Waals surface area contributed by atoms with Gasteiger partial charge in [-0.1, -0.05) is 37.3 Å². The Balaban J connectivity index is 1.90. The molecule has 1 saturated heterocycles. The van der Waals surface area contributed by atoms with Crippen LogP contribution in [0.3, 0.4) is 0 Å². The molecule has 0 spiro atoms. The second-order valence-electron chi connectivity index (χ2n) is 5.06. The van der Waals surface area contributed by atoms with Gasteiger partial charge in [-0.15, -0.1) is 0 Å². The van der Waals surface area contributed by atoms with Gasteiger partial charge in [-0.3, -0.25) is 4.21 Å². The van der Waals surface area contributed by atoms with Crippen molar-refractivity contribution in [2.75, 3.05) is 18.1 Å². The maximum Gasteiger partial charge on any atom is 0.0947 e. The number of benzene rings is 1. The molecule has 18 heavy (non-hydrogen) atoms. The number of hydrogen-bond acceptors (Lipinski definition) is 2. The van der Waals surface area contributed by atoms with Crippen LogP contribution in [0.15, 0.2) is 36.6 Å². The van der Waals surface area contributed by atoms with Crippen LogP contribution in [0.2, 0.25) is 0 Å². The average Bonchev–Trinajstić information content (AvgIpc) is 2.37. The van der Waals surface area contributed by atoms with Gasteiger partial charge in [0.15, 0.2) is 0 Å². The van der Waals surface area contributed by atoms with Gasteiger partial charge in [0, 0.05) is 27.7 Å². The first kappa shape index (κ1) is 13.3. The maximum absolute atomic E-state index is 11.2. The van der Waals surface area contributed by atoms with E-state index >= 15 is 0 Å². The fourth-order valence-corrected chi connectivity index (χ4v) is 4.00. The highest BCUT2D eigenvalue weighted by molar-refractivity contribution is 7.86. The second kappa shape index (κ2) is 5.70. The van der Waals surface area contributed by atoms with Crippen LogP contribution >= 0.6 is 0 Å². The van der Waals surface area contributed by atoms with E-state index in [1.54, 1.807) is 0 Å². The Kier molecular flexibility index (Phi) is 4.23. The normalized spacial score (nSPS) is 27.7. The Hall–Kier alpha value is -1.09. The van der Waals surface area contributed by atoms with Crippen LogP contribution in [0.5, 0.6) is 0 Å². The van der Waals surface area contributed by atoms with Crippen molar-refractivity contribution < 1.29 is 8.95 Å². The average molecular weight is 264 g/mol. The van der Waals surface area contributed by atoms with Gasteiger partial charge in [0.1, 0.15) is 0 Å². The molecule has 0 radical (unpaired) electrons. The predicted octanol–water partition coefficient (Wildman–Crippen LogP) is 3.22. The van der Waals surface area contributed by atoms with Gasteiger partial charge in [0.25, 0.3) is 0 Å². The van der Waals surface area contributed by atoms with Crippen molar-refractivity contribution >= 4 is 16.4 Å². The first-order chi connectivity index (χ1) is 8.65. The van der Waals surface area contributed by atoms with Gasteiger partial charge in [-0.05, 0) is 24.5 Å². The standard InChI is InChI=1S/C15H20O2S/c1-3-15(11-18(16)12-15)10-17-9-13(2)14-7-5-4-6-8-14/h4-9H,3,10-12H2,1-2H3/b13-9-. The molecule has 2 rings (SSSR count). The van der Waals surface area contributed by atoms with Crippen LogP contribution < -0.4 is 0 Å². The smallest absolute Gasteiger partial charge is 0.0947 e. The van der Waals surface area contributed by atoms with Crippen LogP contribution in [0, 0.1) is 5.41 Å². The summed E-state index contributed by atoms with van der Waals surface area (Å²) < 4.78 is 16.9. The van der Waals surface area contributed by atoms with Gasteiger partial charge in [-0.25, -0.2) is 0 Å². The third-order valence-electron chi connectivity index (χ3n) is 3.56. The summed E-state index contributed by atoms with van der Waals surface area (Å²) in [6.45, 7) is 4.87. The van der Waals surface area contributed by atoms with E-state index in [9.17, 15) is 4.21 Å². The van der Waals surface area contributed by atoms with Crippen LogP contribution in [0.1, 0.15) is 25.8 Å². The van der Waals surface area contributed by atoms with Gasteiger partial charge < -0.3 is 4.74 Å². The van der Waals surface area contributed by atoms with Crippen LogP contribution in [-0.4, -0.2) is 22.3 Å². The van der Waals surface area contributed by atoms with Crippen molar-refractivity contribution in [2.45, 2.75) is 20.3 Å². The molecule has 0 aliphatic carbocycles. The molecule has 0 aromatic heterocycles. The zero-order valence-electron chi connectivity index (χ0n) is 11.0. The molecule has 1 aromatic rings. The molecule has 2 nitrogen and oxygen atoms in total. The second-order valence-corrected chi connectivity index (χ2v) is 6.52. The summed E-state index contributed by atoms with van der Waals surface area (Å²) in [4.78, 5) is 0. The van der Waals surface area contributed by atoms with E-state index in [2.05, 4.69) is 19.1 Å². The first-order valence-corrected chi connectivity index (χ1v) is 7.83. The SMILES string of the molecule is CCC1(CO/C=C(/C)c2ccccc2)CS(=O)C1. The molecule has 0 N–H and O–H groups in total. The molecule has 0 atom stereocenters. The number of hydrogen-bond donors (Lipinski definition) is 0. The van der Waals surface area contributed by atoms with E-state index < -0.39 is 10.8 Å². The molecule has 0 bridgehead atoms. The van der Waals surface area contributed by atoms with Crippen LogP contribution in [-0.2, 0) is 15.5 Å². The molecule has 3 heteroatoms. The molecule has 1 aromatic carbocycles. The Labute approximate surface area is 112 Å². The van der Waals surface area contributed by atoms with Gasteiger partial charge in [0.2, 0.25) is 0 Å². The summed E-state index contributed by atoms with van der Waals surface area (Å²) in [7, 11) is -0.612. The third kappa shape index (κ3) is 3.02. The quantitative estimate of drug-likeness (QED) is 0.763. The lowest BCUT2D eigenvalue weighted by atomic mass is 9.90. The largest absolute Gasteiger partial charge is 0.500 e. The zero-order chi connectivity index (χ0) is 13.0. The molecular weight excluding hydrogens is 244 g/mol. The lowest BCUT2D eigenvalue weighted by Gasteiger charge is -2.39. The van der Waals surface area contributed by atoms with Gasteiger partial charge >= 0.3 is 0 Å². The Morgan fingerprint density at radius 2 is 2.06 bits per heavy atom. The third-order valence-corrected chi connectivity index (χ3v) is 5.43. The fraction of sp³-hybridized carbons (Fsp3) is 0.467. The van der Waals surface area contributed by atoms with Crippen molar-refractivity contribution in [1.29, 1.82) is 0 Å². The number of allylic oxidation sites excluding steroid dienone is 1. The summed E-state index contributed by atoms with van der Waals surface area (Å²) in [5.74, 6) is 1.59. The summed E-state index contributed by atoms with van der Waals surface area (Å²) >= 11 is 0. The van der Waals surface area contributed by atoms with Gasteiger partial charge in [0.05, 0.1) is 12.9 Å². The van der Waals surface area contributed by atoms with E-state index in [4.69, 9.17) is 4.74 Å². The lowest BCUT2D eigenvalue weighted by molar-refractivity contribution is 0.130. The minimum atomic E-state index is -0.612. The fourth-order valence-electron chi connectivity index (χ4n) is 2.14. The highest BCUT2D eigenvalue weighted by Gasteiger charge is 2.41. The molecular formula is C15H20O2S. The van der Waals surface area contributed by atoms with Crippen LogP contribution in [0.4, 0.5) is 0 Å². The Bertz CT molecular complexity index is 443. The Morgan fingerprint density at radius 1 is 1.39 bits per heavy atom. The van der Waals surface area contributed by atoms with Crippen molar-refractivity contribution in [1.82, 2.24) is 0 Å². The number of rotatable bonds is 5. The van der Waals surface area contributed by atoms with Crippen molar-refractivity contribution in [2.24, 2.45) is 5.41 Å². The van der Waals surface area contributed by atoms with Crippen LogP contribution in [0.25, 0.3) is 5.57 Å². The minimum absolute atomic E-state index is 0.151. The van der Waals surface area contributed by atoms with Crippen molar-refractivity contribution in [3.63, 3.8) is 0 Å². The van der Waals surface area contributed by atoms with Crippen molar-refractivity contribution in [3.05, 3.63) is 42.2 Å². The molecule has 1 aliphatic rings. The van der Waals surface area contributed by atoms with Crippen molar-refractivity contribution in [3.8, 4) is 0 Å². The summed E-state index contributed by atoms with van der Waals surface area (Å²) in [6.07, 6.45) is 2.87. The predicted molar refractivity (Wildman–Crippen MR) is 76.6 cm³/mol. The highest BCUT2D eigenvalue weighted by Crippen LogP contribution is 2.34. The van der Waals surface area contributed by atoms with E-state index in [1.165, 1.54) is 5.56 Å². The molecule has 0 saturated carbocycles. The molecule has 0 unspecified atom stereocenters. The molecule has 98 valence electrons. The summed E-state index contributed by atoms with van der Waals surface area (Å²) in [5, 5.41) is 0. The van der Waals surface area contributed by atoms with E-state index in [-0.39, 0.29) is 5.41 Å². The monoisotopic (exact) mass is 264 g/mol. The number of ether oxygens (including phenoxy) is 1. The van der Waals surface area contributed by atoms with E-state index in [0.717, 1.165) is 23.5 Å². The zero-order valence-corrected chi connectivity index (χ0v) is 11.8. The van der Waals surface area contributed by atoms with E-state index in [0.29, 0.717) is 6.61 Å². The molecule has 1 fully saturated rings. The summed E-state index contributed by atoms with van der Waals surface area (Å²) in [6, 6.07) is 10.2. The molecule has 0 amide bonds. The lowest BCUT2D eigenvalue weighted by Crippen LogP contribution is -2.47. The maximum atomic E-state index is 11.2. The minimum Gasteiger partial charge on any atom is -0.500 e. The topological polar surface area (TPSA) is 26.3 Å². The summed E-state index contributed by atoms with van der Waals surface area (Å²) in [5.41, 5.74) is 2.46.